The minimum atomic E-state index is 0.447. The van der Waals surface area contributed by atoms with E-state index in [4.69, 9.17) is 22.1 Å². The second kappa shape index (κ2) is 5.71. The summed E-state index contributed by atoms with van der Waals surface area (Å²) in [4.78, 5) is 8.44. The van der Waals surface area contributed by atoms with Crippen LogP contribution >= 0.6 is 11.6 Å². The highest BCUT2D eigenvalue weighted by Gasteiger charge is 2.15. The average Bonchev–Trinajstić information content (AvgIpc) is 2.86. The lowest BCUT2D eigenvalue weighted by Crippen LogP contribution is -2.03. The molecule has 0 aliphatic rings. The van der Waals surface area contributed by atoms with E-state index in [2.05, 4.69) is 9.97 Å². The smallest absolute Gasteiger partial charge is 0.145 e. The van der Waals surface area contributed by atoms with Crippen LogP contribution in [0.1, 0.15) is 0 Å². The largest absolute Gasteiger partial charge is 0.399 e. The van der Waals surface area contributed by atoms with Crippen LogP contribution in [0.4, 0.5) is 5.69 Å². The van der Waals surface area contributed by atoms with Crippen molar-refractivity contribution in [1.82, 2.24) is 14.5 Å². The molecule has 3 aromatic rings. The summed E-state index contributed by atoms with van der Waals surface area (Å²) in [6.07, 6.45) is 3.50. The normalized spacial score (nSPS) is 11.1. The van der Waals surface area contributed by atoms with E-state index in [1.54, 1.807) is 7.11 Å². The van der Waals surface area contributed by atoms with E-state index in [0.29, 0.717) is 18.3 Å². The topological polar surface area (TPSA) is 66.0 Å². The number of benzene rings is 1. The van der Waals surface area contributed by atoms with Gasteiger partial charge in [-0.3, -0.25) is 0 Å². The molecule has 0 spiro atoms. The van der Waals surface area contributed by atoms with Gasteiger partial charge in [-0.05, 0) is 17.7 Å². The molecule has 2 heterocycles. The van der Waals surface area contributed by atoms with E-state index < -0.39 is 0 Å². The van der Waals surface area contributed by atoms with Crippen LogP contribution in [0.15, 0.2) is 36.8 Å². The number of nitrogen functional groups attached to an aromatic ring is 1. The van der Waals surface area contributed by atoms with Gasteiger partial charge in [-0.25, -0.2) is 9.97 Å². The monoisotopic (exact) mass is 302 g/mol. The van der Waals surface area contributed by atoms with E-state index in [1.807, 2.05) is 35.0 Å². The third kappa shape index (κ3) is 2.57. The molecule has 0 aliphatic carbocycles. The lowest BCUT2D eigenvalue weighted by Gasteiger charge is -2.02. The number of fused-ring (bicyclic) bond motifs is 1. The number of methoxy groups -OCH3 is 1. The molecule has 0 atom stereocenters. The zero-order chi connectivity index (χ0) is 14.8. The lowest BCUT2D eigenvalue weighted by atomic mass is 10.1. The second-order valence-corrected chi connectivity index (χ2v) is 5.07. The Balaban J connectivity index is 2.19. The summed E-state index contributed by atoms with van der Waals surface area (Å²) in [7, 11) is 1.68. The van der Waals surface area contributed by atoms with Crippen molar-refractivity contribution < 1.29 is 4.74 Å². The highest BCUT2D eigenvalue weighted by atomic mass is 35.5. The quantitative estimate of drug-likeness (QED) is 0.594. The summed E-state index contributed by atoms with van der Waals surface area (Å²) in [5, 5.41) is 1.29. The molecule has 21 heavy (non-hydrogen) atoms. The van der Waals surface area contributed by atoms with Gasteiger partial charge in [0.25, 0.3) is 0 Å². The van der Waals surface area contributed by atoms with Crippen molar-refractivity contribution in [1.29, 1.82) is 0 Å². The van der Waals surface area contributed by atoms with Crippen molar-refractivity contribution in [2.45, 2.75) is 6.54 Å². The second-order valence-electron chi connectivity index (χ2n) is 4.71. The van der Waals surface area contributed by atoms with Gasteiger partial charge in [0.2, 0.25) is 0 Å². The molecule has 0 bridgehead atoms. The predicted octanol–water partition coefficient (Wildman–Crippen LogP) is 2.98. The van der Waals surface area contributed by atoms with Crippen LogP contribution < -0.4 is 5.73 Å². The third-order valence-corrected chi connectivity index (χ3v) is 3.65. The molecule has 2 aromatic heterocycles. The first-order valence-corrected chi connectivity index (χ1v) is 6.92. The van der Waals surface area contributed by atoms with Crippen LogP contribution in [0.2, 0.25) is 5.15 Å². The molecular formula is C15H15ClN4O. The number of halogens is 1. The highest BCUT2D eigenvalue weighted by molar-refractivity contribution is 6.35. The number of anilines is 1. The molecule has 3 rings (SSSR count). The molecule has 108 valence electrons. The molecule has 6 heteroatoms. The van der Waals surface area contributed by atoms with Crippen LogP contribution in [-0.4, -0.2) is 28.3 Å². The molecule has 2 N–H and O–H groups in total. The SMILES string of the molecule is COCCn1cc(-c2ccc(N)cc2)c2c(Cl)ncnc21. The van der Waals surface area contributed by atoms with Crippen LogP contribution in [0.5, 0.6) is 0 Å². The van der Waals surface area contributed by atoms with Crippen LogP contribution in [0.25, 0.3) is 22.2 Å². The first-order valence-electron chi connectivity index (χ1n) is 6.55. The van der Waals surface area contributed by atoms with Gasteiger partial charge in [0.05, 0.1) is 12.0 Å². The van der Waals surface area contributed by atoms with Gasteiger partial charge in [0.15, 0.2) is 0 Å². The summed E-state index contributed by atoms with van der Waals surface area (Å²) < 4.78 is 7.17. The lowest BCUT2D eigenvalue weighted by molar-refractivity contribution is 0.188. The Morgan fingerprint density at radius 2 is 2.00 bits per heavy atom. The molecule has 0 aliphatic heterocycles. The molecule has 0 unspecified atom stereocenters. The van der Waals surface area contributed by atoms with Gasteiger partial charge in [0.1, 0.15) is 17.1 Å². The van der Waals surface area contributed by atoms with Gasteiger partial charge in [-0.15, -0.1) is 0 Å². The van der Waals surface area contributed by atoms with Crippen molar-refractivity contribution >= 4 is 28.3 Å². The van der Waals surface area contributed by atoms with E-state index in [-0.39, 0.29) is 0 Å². The Morgan fingerprint density at radius 3 is 2.71 bits per heavy atom. The summed E-state index contributed by atoms with van der Waals surface area (Å²) in [5.41, 5.74) is 9.30. The van der Waals surface area contributed by atoms with Crippen LogP contribution in [0.3, 0.4) is 0 Å². The summed E-state index contributed by atoms with van der Waals surface area (Å²) in [6, 6.07) is 7.67. The van der Waals surface area contributed by atoms with Gasteiger partial charge < -0.3 is 15.0 Å². The standard InChI is InChI=1S/C15H15ClN4O/c1-21-7-6-20-8-12(10-2-4-11(17)5-3-10)13-14(16)18-9-19-15(13)20/h2-5,8-9H,6-7,17H2,1H3. The maximum atomic E-state index is 6.27. The molecule has 0 saturated carbocycles. The fourth-order valence-corrected chi connectivity index (χ4v) is 2.56. The van der Waals surface area contributed by atoms with E-state index in [1.165, 1.54) is 6.33 Å². The van der Waals surface area contributed by atoms with Crippen molar-refractivity contribution in [3.8, 4) is 11.1 Å². The molecule has 0 saturated heterocycles. The van der Waals surface area contributed by atoms with Crippen molar-refractivity contribution in [2.75, 3.05) is 19.5 Å². The van der Waals surface area contributed by atoms with Crippen molar-refractivity contribution in [3.05, 3.63) is 41.9 Å². The molecule has 5 nitrogen and oxygen atoms in total. The Hall–Kier alpha value is -2.11. The molecule has 0 radical (unpaired) electrons. The zero-order valence-corrected chi connectivity index (χ0v) is 12.3. The number of aromatic nitrogens is 3. The first-order chi connectivity index (χ1) is 10.2. The third-order valence-electron chi connectivity index (χ3n) is 3.37. The maximum absolute atomic E-state index is 6.27. The Morgan fingerprint density at radius 1 is 1.24 bits per heavy atom. The Labute approximate surface area is 127 Å². The van der Waals surface area contributed by atoms with Gasteiger partial charge in [-0.1, -0.05) is 23.7 Å². The van der Waals surface area contributed by atoms with Crippen molar-refractivity contribution in [3.63, 3.8) is 0 Å². The number of ether oxygens (including phenoxy) is 1. The predicted molar refractivity (Wildman–Crippen MR) is 84.3 cm³/mol. The Kier molecular flexibility index (Phi) is 3.77. The van der Waals surface area contributed by atoms with E-state index in [0.717, 1.165) is 27.8 Å². The molecular weight excluding hydrogens is 288 g/mol. The van der Waals surface area contributed by atoms with Gasteiger partial charge >= 0.3 is 0 Å². The number of nitrogens with two attached hydrogens (primary N) is 1. The van der Waals surface area contributed by atoms with Crippen LogP contribution in [0, 0.1) is 0 Å². The van der Waals surface area contributed by atoms with E-state index >= 15 is 0 Å². The number of hydrogen-bond acceptors (Lipinski definition) is 4. The minimum absolute atomic E-state index is 0.447. The Bertz CT molecular complexity index is 767. The number of hydrogen-bond donors (Lipinski definition) is 1. The zero-order valence-electron chi connectivity index (χ0n) is 11.6. The van der Waals surface area contributed by atoms with Crippen molar-refractivity contribution in [2.24, 2.45) is 0 Å². The van der Waals surface area contributed by atoms with Crippen LogP contribution in [-0.2, 0) is 11.3 Å². The summed E-state index contributed by atoms with van der Waals surface area (Å²) >= 11 is 6.27. The van der Waals surface area contributed by atoms with Gasteiger partial charge in [0, 0.05) is 31.1 Å². The molecule has 1 aromatic carbocycles. The minimum Gasteiger partial charge on any atom is -0.399 e. The fraction of sp³-hybridized carbons (Fsp3) is 0.200. The molecule has 0 fully saturated rings. The number of nitrogens with zero attached hydrogens (tertiary/aromatic N) is 3. The first kappa shape index (κ1) is 13.9. The summed E-state index contributed by atoms with van der Waals surface area (Å²) in [5.74, 6) is 0. The molecule has 0 amide bonds. The summed E-state index contributed by atoms with van der Waals surface area (Å²) in [6.45, 7) is 1.31. The average molecular weight is 303 g/mol. The highest BCUT2D eigenvalue weighted by Crippen LogP contribution is 2.33. The van der Waals surface area contributed by atoms with E-state index in [9.17, 15) is 0 Å². The van der Waals surface area contributed by atoms with Gasteiger partial charge in [-0.2, -0.15) is 0 Å². The number of rotatable bonds is 4. The fourth-order valence-electron chi connectivity index (χ4n) is 2.33. The maximum Gasteiger partial charge on any atom is 0.145 e.